The first-order chi connectivity index (χ1) is 13.5. The van der Waals surface area contributed by atoms with Crippen molar-refractivity contribution in [2.24, 2.45) is 0 Å². The zero-order valence-electron chi connectivity index (χ0n) is 15.9. The quantitative estimate of drug-likeness (QED) is 0.634. The summed E-state index contributed by atoms with van der Waals surface area (Å²) in [4.78, 5) is 27.0. The van der Waals surface area contributed by atoms with Gasteiger partial charge in [-0.2, -0.15) is 0 Å². The Morgan fingerprint density at radius 3 is 1.50 bits per heavy atom. The van der Waals surface area contributed by atoms with E-state index in [2.05, 4.69) is 0 Å². The van der Waals surface area contributed by atoms with Gasteiger partial charge in [-0.05, 0) is 37.1 Å². The molecule has 4 heteroatoms. The fourth-order valence-corrected chi connectivity index (χ4v) is 3.47. The molecule has 0 radical (unpaired) electrons. The summed E-state index contributed by atoms with van der Waals surface area (Å²) in [6, 6.07) is 25.4. The molecular formula is C24H23NO3. The van der Waals surface area contributed by atoms with Crippen molar-refractivity contribution >= 4 is 11.9 Å². The molecular weight excluding hydrogens is 350 g/mol. The smallest absolute Gasteiger partial charge is 0.336 e. The van der Waals surface area contributed by atoms with Gasteiger partial charge in [-0.1, -0.05) is 72.8 Å². The van der Waals surface area contributed by atoms with Crippen molar-refractivity contribution in [3.8, 4) is 0 Å². The largest absolute Gasteiger partial charge is 0.478 e. The maximum atomic E-state index is 13.6. The summed E-state index contributed by atoms with van der Waals surface area (Å²) in [5, 5.41) is 9.54. The van der Waals surface area contributed by atoms with Crippen LogP contribution in [0.5, 0.6) is 0 Å². The number of benzene rings is 3. The minimum atomic E-state index is -1.11. The second-order valence-corrected chi connectivity index (χ2v) is 6.74. The van der Waals surface area contributed by atoms with Crippen molar-refractivity contribution < 1.29 is 14.7 Å². The van der Waals surface area contributed by atoms with Gasteiger partial charge in [0.05, 0.1) is 23.2 Å². The Hall–Kier alpha value is -3.40. The molecule has 0 aliphatic heterocycles. The molecule has 0 aromatic heterocycles. The van der Waals surface area contributed by atoms with Crippen LogP contribution in [0.3, 0.4) is 0 Å². The molecule has 4 nitrogen and oxygen atoms in total. The van der Waals surface area contributed by atoms with Gasteiger partial charge >= 0.3 is 5.97 Å². The third kappa shape index (κ3) is 3.96. The Morgan fingerprint density at radius 2 is 1.07 bits per heavy atom. The Kier molecular flexibility index (Phi) is 5.90. The van der Waals surface area contributed by atoms with Crippen LogP contribution in [-0.4, -0.2) is 21.9 Å². The molecule has 3 rings (SSSR count). The molecule has 1 N–H and O–H groups in total. The number of carbonyl (C=O) groups is 2. The van der Waals surface area contributed by atoms with Crippen molar-refractivity contribution in [2.75, 3.05) is 0 Å². The summed E-state index contributed by atoms with van der Waals surface area (Å²) in [5.74, 6) is -1.41. The average Bonchev–Trinajstić information content (AvgIpc) is 2.74. The van der Waals surface area contributed by atoms with Crippen LogP contribution in [0, 0.1) is 0 Å². The standard InChI is InChI=1S/C24H23NO3/c1-17(19-11-5-3-6-12-19)25(18(2)20-13-7-4-8-14-20)23(26)21-15-9-10-16-22(21)24(27)28/h3-18H,1-2H3,(H,27,28)/t17-,18-/m0/s1. The third-order valence-corrected chi connectivity index (χ3v) is 5.02. The van der Waals surface area contributed by atoms with Crippen LogP contribution in [0.4, 0.5) is 0 Å². The molecule has 0 saturated heterocycles. The third-order valence-electron chi connectivity index (χ3n) is 5.02. The van der Waals surface area contributed by atoms with Crippen LogP contribution in [0.25, 0.3) is 0 Å². The molecule has 28 heavy (non-hydrogen) atoms. The minimum Gasteiger partial charge on any atom is -0.478 e. The Balaban J connectivity index is 2.08. The van der Waals surface area contributed by atoms with Crippen LogP contribution in [0.2, 0.25) is 0 Å². The summed E-state index contributed by atoms with van der Waals surface area (Å²) in [6.07, 6.45) is 0. The maximum absolute atomic E-state index is 13.6. The van der Waals surface area contributed by atoms with E-state index in [4.69, 9.17) is 0 Å². The lowest BCUT2D eigenvalue weighted by atomic mass is 9.98. The monoisotopic (exact) mass is 373 g/mol. The van der Waals surface area contributed by atoms with E-state index in [1.165, 1.54) is 6.07 Å². The van der Waals surface area contributed by atoms with Crippen LogP contribution in [0.1, 0.15) is 57.8 Å². The van der Waals surface area contributed by atoms with E-state index in [0.29, 0.717) is 0 Å². The highest BCUT2D eigenvalue weighted by atomic mass is 16.4. The lowest BCUT2D eigenvalue weighted by Crippen LogP contribution is -2.36. The van der Waals surface area contributed by atoms with Crippen LogP contribution >= 0.6 is 0 Å². The predicted octanol–water partition coefficient (Wildman–Crippen LogP) is 5.35. The van der Waals surface area contributed by atoms with Gasteiger partial charge in [0.1, 0.15) is 0 Å². The van der Waals surface area contributed by atoms with Crippen molar-refractivity contribution in [1.29, 1.82) is 0 Å². The fourth-order valence-electron chi connectivity index (χ4n) is 3.47. The molecule has 0 heterocycles. The normalized spacial score (nSPS) is 12.8. The molecule has 142 valence electrons. The van der Waals surface area contributed by atoms with Gasteiger partial charge in [-0.3, -0.25) is 4.79 Å². The van der Waals surface area contributed by atoms with Crippen molar-refractivity contribution in [1.82, 2.24) is 4.90 Å². The Labute approximate surface area is 165 Å². The van der Waals surface area contributed by atoms with Gasteiger partial charge in [-0.15, -0.1) is 0 Å². The topological polar surface area (TPSA) is 57.6 Å². The van der Waals surface area contributed by atoms with E-state index in [9.17, 15) is 14.7 Å². The number of aromatic carboxylic acids is 1. The molecule has 0 fully saturated rings. The molecule has 3 aromatic carbocycles. The first-order valence-electron chi connectivity index (χ1n) is 9.25. The lowest BCUT2D eigenvalue weighted by molar-refractivity contribution is 0.0587. The molecule has 0 unspecified atom stereocenters. The highest BCUT2D eigenvalue weighted by molar-refractivity contribution is 6.05. The summed E-state index contributed by atoms with van der Waals surface area (Å²) in [6.45, 7) is 3.94. The fraction of sp³-hybridized carbons (Fsp3) is 0.167. The summed E-state index contributed by atoms with van der Waals surface area (Å²) >= 11 is 0. The molecule has 0 aliphatic carbocycles. The number of hydrogen-bond acceptors (Lipinski definition) is 2. The molecule has 0 bridgehead atoms. The maximum Gasteiger partial charge on any atom is 0.336 e. The SMILES string of the molecule is C[C@@H](c1ccccc1)N(C(=O)c1ccccc1C(=O)O)[C@@H](C)c1ccccc1. The Bertz CT molecular complexity index is 908. The molecule has 0 aliphatic rings. The number of carboxylic acids is 1. The van der Waals surface area contributed by atoms with E-state index in [-0.39, 0.29) is 29.1 Å². The lowest BCUT2D eigenvalue weighted by Gasteiger charge is -2.36. The summed E-state index contributed by atoms with van der Waals surface area (Å²) < 4.78 is 0. The second-order valence-electron chi connectivity index (χ2n) is 6.74. The highest BCUT2D eigenvalue weighted by Gasteiger charge is 2.30. The minimum absolute atomic E-state index is 0.0121. The van der Waals surface area contributed by atoms with Crippen molar-refractivity contribution in [3.05, 3.63) is 107 Å². The van der Waals surface area contributed by atoms with Gasteiger partial charge in [0.2, 0.25) is 0 Å². The van der Waals surface area contributed by atoms with E-state index < -0.39 is 5.97 Å². The number of amides is 1. The van der Waals surface area contributed by atoms with Gasteiger partial charge in [0.15, 0.2) is 0 Å². The number of nitrogens with zero attached hydrogens (tertiary/aromatic N) is 1. The van der Waals surface area contributed by atoms with Crippen molar-refractivity contribution in [2.45, 2.75) is 25.9 Å². The predicted molar refractivity (Wildman–Crippen MR) is 109 cm³/mol. The average molecular weight is 373 g/mol. The second kappa shape index (κ2) is 8.53. The molecule has 1 amide bonds. The van der Waals surface area contributed by atoms with Gasteiger partial charge in [-0.25, -0.2) is 4.79 Å². The van der Waals surface area contributed by atoms with Crippen LogP contribution < -0.4 is 0 Å². The Morgan fingerprint density at radius 1 is 0.679 bits per heavy atom. The first-order valence-corrected chi connectivity index (χ1v) is 9.25. The van der Waals surface area contributed by atoms with E-state index >= 15 is 0 Å². The number of hydrogen-bond donors (Lipinski definition) is 1. The van der Waals surface area contributed by atoms with E-state index in [1.807, 2.05) is 74.5 Å². The number of rotatable bonds is 6. The summed E-state index contributed by atoms with van der Waals surface area (Å²) in [7, 11) is 0. The van der Waals surface area contributed by atoms with E-state index in [0.717, 1.165) is 11.1 Å². The molecule has 3 aromatic rings. The highest BCUT2D eigenvalue weighted by Crippen LogP contribution is 2.32. The van der Waals surface area contributed by atoms with Crippen LogP contribution in [0.15, 0.2) is 84.9 Å². The first kappa shape index (κ1) is 19.4. The molecule has 0 saturated carbocycles. The van der Waals surface area contributed by atoms with Crippen molar-refractivity contribution in [3.63, 3.8) is 0 Å². The van der Waals surface area contributed by atoms with Crippen LogP contribution in [-0.2, 0) is 0 Å². The molecule has 0 spiro atoms. The molecule has 2 atom stereocenters. The summed E-state index contributed by atoms with van der Waals surface area (Å²) in [5.41, 5.74) is 2.19. The van der Waals surface area contributed by atoms with E-state index in [1.54, 1.807) is 23.1 Å². The van der Waals surface area contributed by atoms with Gasteiger partial charge < -0.3 is 10.0 Å². The number of carbonyl (C=O) groups excluding carboxylic acids is 1. The van der Waals surface area contributed by atoms with Gasteiger partial charge in [0.25, 0.3) is 5.91 Å². The van der Waals surface area contributed by atoms with Gasteiger partial charge in [0, 0.05) is 0 Å². The zero-order chi connectivity index (χ0) is 20.1. The zero-order valence-corrected chi connectivity index (χ0v) is 15.9. The number of carboxylic acid groups (broad SMARTS) is 1.